The number of ether oxygens (including phenoxy) is 2. The van der Waals surface area contributed by atoms with Crippen molar-refractivity contribution in [3.63, 3.8) is 0 Å². The van der Waals surface area contributed by atoms with Gasteiger partial charge in [-0.1, -0.05) is 40.3 Å². The van der Waals surface area contributed by atoms with Gasteiger partial charge in [0, 0.05) is 104 Å². The molecule has 18 heteroatoms. The van der Waals surface area contributed by atoms with E-state index in [1.165, 1.54) is 22.3 Å². The number of nitrogens with one attached hydrogen (secondary N) is 2. The van der Waals surface area contributed by atoms with Crippen molar-refractivity contribution in [2.24, 2.45) is 16.7 Å². The topological polar surface area (TPSA) is 172 Å². The molecule has 16 nitrogen and oxygen atoms in total. The van der Waals surface area contributed by atoms with E-state index < -0.39 is 34.9 Å². The quantitative estimate of drug-likeness (QED) is 0.128. The van der Waals surface area contributed by atoms with Crippen LogP contribution in [-0.4, -0.2) is 147 Å². The molecule has 3 fully saturated rings. The summed E-state index contributed by atoms with van der Waals surface area (Å²) in [5.74, 6) is -0.612. The molecular weight excluding hydrogens is 927 g/mol. The third kappa shape index (κ3) is 9.85. The number of carbonyl (C=O) groups excluding carboxylic acids is 5. The van der Waals surface area contributed by atoms with Crippen LogP contribution in [0.5, 0.6) is 0 Å². The molecule has 2 unspecified atom stereocenters. The van der Waals surface area contributed by atoms with Crippen molar-refractivity contribution in [1.29, 1.82) is 0 Å². The van der Waals surface area contributed by atoms with Crippen LogP contribution in [0, 0.1) is 16.7 Å². The molecule has 6 bridgehead atoms. The number of hydrogen-bond donors (Lipinski definition) is 2. The Morgan fingerprint density at radius 2 is 1.90 bits per heavy atom. The fourth-order valence-corrected chi connectivity index (χ4v) is 13.3. The van der Waals surface area contributed by atoms with Crippen LogP contribution in [0.2, 0.25) is 0 Å². The normalized spacial score (nSPS) is 23.5. The second-order valence-electron chi connectivity index (χ2n) is 20.5. The van der Waals surface area contributed by atoms with Crippen molar-refractivity contribution >= 4 is 63.7 Å². The van der Waals surface area contributed by atoms with E-state index in [-0.39, 0.29) is 54.8 Å². The Morgan fingerprint density at radius 1 is 1.11 bits per heavy atom. The van der Waals surface area contributed by atoms with Gasteiger partial charge in [-0.05, 0) is 81.4 Å². The smallest absolute Gasteiger partial charge is 0.324 e. The molecule has 3 aromatic heterocycles. The molecule has 0 aliphatic carbocycles. The van der Waals surface area contributed by atoms with Crippen molar-refractivity contribution in [2.75, 3.05) is 59.0 Å². The monoisotopic (exact) mass is 995 g/mol. The van der Waals surface area contributed by atoms with Gasteiger partial charge in [0.1, 0.15) is 12.1 Å². The summed E-state index contributed by atoms with van der Waals surface area (Å²) in [5, 5.41) is 8.74. The highest BCUT2D eigenvalue weighted by Gasteiger charge is 2.54. The number of aryl methyl sites for hydroxylation is 1. The number of amides is 5. The van der Waals surface area contributed by atoms with Crippen molar-refractivity contribution in [1.82, 2.24) is 45.0 Å². The highest BCUT2D eigenvalue weighted by Crippen LogP contribution is 2.45. The van der Waals surface area contributed by atoms with Gasteiger partial charge < -0.3 is 34.1 Å². The second kappa shape index (κ2) is 20.8. The van der Waals surface area contributed by atoms with Crippen LogP contribution >= 0.6 is 23.1 Å². The summed E-state index contributed by atoms with van der Waals surface area (Å²) >= 11 is 3.09. The van der Waals surface area contributed by atoms with Crippen molar-refractivity contribution in [2.45, 2.75) is 110 Å². The number of aromatic nitrogens is 3. The zero-order valence-electron chi connectivity index (χ0n) is 42.1. The Balaban J connectivity index is 1.16. The number of methoxy groups -OCH3 is 1. The minimum Gasteiger partial charge on any atom is -0.464 e. The molecular formula is C52H69N9O7S2. The molecule has 6 atom stereocenters. The van der Waals surface area contributed by atoms with E-state index in [9.17, 15) is 19.2 Å². The van der Waals surface area contributed by atoms with Crippen LogP contribution in [0.3, 0.4) is 0 Å². The molecule has 1 aromatic carbocycles. The number of likely N-dealkylation sites (N-methyl/N-ethyl adjacent to an activating group) is 2. The largest absolute Gasteiger partial charge is 0.464 e. The molecule has 7 heterocycles. The third-order valence-electron chi connectivity index (χ3n) is 14.8. The number of thioether (sulfide) groups is 1. The molecule has 376 valence electrons. The Kier molecular flexibility index (Phi) is 15.2. The average molecular weight is 996 g/mol. The lowest BCUT2D eigenvalue weighted by molar-refractivity contribution is -0.157. The number of esters is 1. The van der Waals surface area contributed by atoms with E-state index in [4.69, 9.17) is 19.4 Å². The van der Waals surface area contributed by atoms with Gasteiger partial charge in [0.25, 0.3) is 0 Å². The summed E-state index contributed by atoms with van der Waals surface area (Å²) in [7, 11) is 5.04. The van der Waals surface area contributed by atoms with Crippen LogP contribution in [-0.2, 0) is 48.0 Å². The number of nitrogens with zero attached hydrogens (tertiary/aromatic N) is 7. The lowest BCUT2D eigenvalue weighted by Crippen LogP contribution is -2.64. The molecule has 2 N–H and O–H groups in total. The number of carbonyl (C=O) groups is 5. The second-order valence-corrected chi connectivity index (χ2v) is 22.5. The highest BCUT2D eigenvalue weighted by molar-refractivity contribution is 7.99. The average Bonchev–Trinajstić information content (AvgIpc) is 4.18. The van der Waals surface area contributed by atoms with E-state index in [1.54, 1.807) is 54.0 Å². The summed E-state index contributed by atoms with van der Waals surface area (Å²) in [6.45, 7) is 17.8. The van der Waals surface area contributed by atoms with Gasteiger partial charge in [-0.3, -0.25) is 29.2 Å². The lowest BCUT2D eigenvalue weighted by Gasteiger charge is -2.42. The first-order valence-corrected chi connectivity index (χ1v) is 26.6. The van der Waals surface area contributed by atoms with Crippen LogP contribution in [0.15, 0.2) is 54.6 Å². The standard InChI is InChI=1S/C52H69N9O7S2/c1-11-43(62)57(8)34-19-22-59(26-34)50(66)58(9)45(31(3)4)47(63)55-41-28-69-30-52(41)25-42-54-39(27-70-42)33-17-18-40-36(23-33)37(46(60(40)12-2)35-15-13-20-53-44(35)32(5)67-10)24-51(6,7)29-68-48(64)38-16-14-21-61(56-38)49(52)65/h11,13,15,17-18,20,23,27,31-32,34,38,41,45,56H,1,12,14,16,19,21-22,24-26,28-30H2,2-10H3,(H,55,63)/t32-,34?,38-,41?,45-,52-/m0/s1. The zero-order chi connectivity index (χ0) is 50.2. The number of hydrogen-bond acceptors (Lipinski definition) is 12. The van der Waals surface area contributed by atoms with Gasteiger partial charge in [-0.2, -0.15) is 11.8 Å². The number of urea groups is 1. The first-order valence-electron chi connectivity index (χ1n) is 24.5. The summed E-state index contributed by atoms with van der Waals surface area (Å²) in [6, 6.07) is 7.83. The first kappa shape index (κ1) is 51.1. The number of thiazole rings is 1. The van der Waals surface area contributed by atoms with Gasteiger partial charge in [0.15, 0.2) is 0 Å². The van der Waals surface area contributed by atoms with Crippen LogP contribution in [0.1, 0.15) is 83.2 Å². The van der Waals surface area contributed by atoms with Gasteiger partial charge in [-0.15, -0.1) is 11.3 Å². The van der Waals surface area contributed by atoms with E-state index in [1.807, 2.05) is 32.2 Å². The fourth-order valence-electron chi connectivity index (χ4n) is 10.9. The van der Waals surface area contributed by atoms with Crippen molar-refractivity contribution < 1.29 is 33.4 Å². The first-order chi connectivity index (χ1) is 33.4. The molecule has 4 aliphatic rings. The van der Waals surface area contributed by atoms with E-state index in [2.05, 4.69) is 66.9 Å². The maximum absolute atomic E-state index is 15.4. The predicted octanol–water partition coefficient (Wildman–Crippen LogP) is 6.73. The number of hydrazine groups is 1. The van der Waals surface area contributed by atoms with Crippen LogP contribution < -0.4 is 10.7 Å². The van der Waals surface area contributed by atoms with Gasteiger partial charge >= 0.3 is 12.0 Å². The van der Waals surface area contributed by atoms with Crippen molar-refractivity contribution in [3.8, 4) is 22.5 Å². The van der Waals surface area contributed by atoms with Gasteiger partial charge in [0.05, 0.1) is 52.3 Å². The number of cyclic esters (lactones) is 1. The van der Waals surface area contributed by atoms with E-state index in [0.29, 0.717) is 63.4 Å². The maximum Gasteiger partial charge on any atom is 0.324 e. The summed E-state index contributed by atoms with van der Waals surface area (Å²) in [5.41, 5.74) is 8.40. The van der Waals surface area contributed by atoms with Crippen molar-refractivity contribution in [3.05, 3.63) is 70.8 Å². The molecule has 1 spiro atoms. The molecule has 0 radical (unpaired) electrons. The Morgan fingerprint density at radius 3 is 2.63 bits per heavy atom. The number of rotatable bonds is 10. The van der Waals surface area contributed by atoms with Crippen LogP contribution in [0.4, 0.5) is 4.79 Å². The molecule has 5 amide bonds. The fraction of sp³-hybridized carbons (Fsp3) is 0.558. The molecule has 4 aliphatic heterocycles. The third-order valence-corrected chi connectivity index (χ3v) is 16.9. The Hall–Kier alpha value is -5.30. The summed E-state index contributed by atoms with van der Waals surface area (Å²) in [4.78, 5) is 85.5. The highest BCUT2D eigenvalue weighted by atomic mass is 32.2. The number of fused-ring (bicyclic) bond motifs is 6. The minimum atomic E-state index is -1.15. The SMILES string of the molecule is C=CC(=O)N(C)C1CCN(C(=O)N(C)[C@H](C(=O)NC2CSC[C@@]23Cc2nc(cs2)-c2ccc4c(c2)c(c(-c2cccnc2[C@H](C)OC)n4CC)CC(C)(C)COC(=O)[C@@H]2CCCN(N2)C3=O)C(C)C)C1. The molecule has 70 heavy (non-hydrogen) atoms. The summed E-state index contributed by atoms with van der Waals surface area (Å²) in [6.07, 6.45) is 5.33. The van der Waals surface area contributed by atoms with Gasteiger partial charge in [0.2, 0.25) is 17.7 Å². The Bertz CT molecular complexity index is 2650. The number of benzene rings is 1. The lowest BCUT2D eigenvalue weighted by atomic mass is 9.78. The van der Waals surface area contributed by atoms with Gasteiger partial charge in [-0.25, -0.2) is 15.2 Å². The Labute approximate surface area is 419 Å². The van der Waals surface area contributed by atoms with Crippen LogP contribution in [0.25, 0.3) is 33.4 Å². The van der Waals surface area contributed by atoms with E-state index >= 15 is 4.79 Å². The minimum absolute atomic E-state index is 0.146. The van der Waals surface area contributed by atoms with E-state index in [0.717, 1.165) is 49.7 Å². The number of pyridine rings is 1. The number of likely N-dealkylation sites (tertiary alicyclic amines) is 1. The molecule has 0 saturated carbocycles. The predicted molar refractivity (Wildman–Crippen MR) is 274 cm³/mol. The summed E-state index contributed by atoms with van der Waals surface area (Å²) < 4.78 is 14.4. The maximum atomic E-state index is 15.4. The molecule has 3 saturated heterocycles. The molecule has 4 aromatic rings. The zero-order valence-corrected chi connectivity index (χ0v) is 43.7. The molecule has 8 rings (SSSR count).